The molecule has 1 aromatic carbocycles. The van der Waals surface area contributed by atoms with Crippen LogP contribution in [0, 0.1) is 24.0 Å². The fourth-order valence-corrected chi connectivity index (χ4v) is 3.63. The van der Waals surface area contributed by atoms with Crippen LogP contribution >= 0.6 is 11.8 Å². The van der Waals surface area contributed by atoms with Gasteiger partial charge in [-0.25, -0.2) is 13.8 Å². The number of H-pyrrole nitrogens is 1. The number of benzene rings is 1. The second-order valence-electron chi connectivity index (χ2n) is 6.83. The number of nitrogens with one attached hydrogen (secondary N) is 3. The molecule has 0 saturated heterocycles. The number of pyridine rings is 1. The summed E-state index contributed by atoms with van der Waals surface area (Å²) in [6, 6.07) is 6.47. The summed E-state index contributed by atoms with van der Waals surface area (Å²) in [5.41, 5.74) is 1.30. The normalized spacial score (nSPS) is 10.9. The van der Waals surface area contributed by atoms with Gasteiger partial charge in [0.05, 0.1) is 18.4 Å². The highest BCUT2D eigenvalue weighted by Gasteiger charge is 2.26. The molecule has 3 N–H and O–H groups in total. The van der Waals surface area contributed by atoms with Crippen LogP contribution in [0.25, 0.3) is 5.57 Å². The summed E-state index contributed by atoms with van der Waals surface area (Å²) in [5, 5.41) is 17.7. The molecule has 0 aliphatic carbocycles. The second kappa shape index (κ2) is 12.2. The molecule has 34 heavy (non-hydrogen) atoms. The van der Waals surface area contributed by atoms with Gasteiger partial charge in [0.1, 0.15) is 5.82 Å². The van der Waals surface area contributed by atoms with Crippen LogP contribution in [0.5, 0.6) is 5.75 Å². The standard InChI is InChI=1S/C22H24F2N6OS.C2H6/c1-6-13(11-25)18-19(24)22(30(3)16-8-7-14(32-5)10-15(16)23)27-21(20(18)31-4)26-17-9-12(2)28-29-17;1-2/h6-11,25H,1-5H3,(H2,26,27,28,29);1-2H3/b13-6+,25-11?;. The van der Waals surface area contributed by atoms with Gasteiger partial charge in [-0.05, 0) is 38.3 Å². The molecular weight excluding hydrogens is 458 g/mol. The Kier molecular flexibility index (Phi) is 9.61. The zero-order valence-electron chi connectivity index (χ0n) is 20.4. The summed E-state index contributed by atoms with van der Waals surface area (Å²) in [4.78, 5) is 6.49. The molecular formula is C24H30F2N6OS. The summed E-state index contributed by atoms with van der Waals surface area (Å²) in [6.07, 6.45) is 4.47. The number of aryl methyl sites for hydroxylation is 1. The monoisotopic (exact) mass is 488 g/mol. The molecule has 0 unspecified atom stereocenters. The van der Waals surface area contributed by atoms with Crippen molar-refractivity contribution in [3.05, 3.63) is 53.2 Å². The van der Waals surface area contributed by atoms with E-state index in [4.69, 9.17) is 10.1 Å². The topological polar surface area (TPSA) is 89.9 Å². The first-order valence-corrected chi connectivity index (χ1v) is 11.9. The van der Waals surface area contributed by atoms with E-state index >= 15 is 4.39 Å². The lowest BCUT2D eigenvalue weighted by Crippen LogP contribution is -2.17. The largest absolute Gasteiger partial charge is 0.492 e. The van der Waals surface area contributed by atoms with E-state index in [0.29, 0.717) is 5.82 Å². The lowest BCUT2D eigenvalue weighted by Gasteiger charge is -2.24. The van der Waals surface area contributed by atoms with E-state index in [2.05, 4.69) is 20.5 Å². The average Bonchev–Trinajstić information content (AvgIpc) is 3.26. The molecule has 0 atom stereocenters. The van der Waals surface area contributed by atoms with E-state index < -0.39 is 11.6 Å². The summed E-state index contributed by atoms with van der Waals surface area (Å²) >= 11 is 1.41. The first kappa shape index (κ1) is 26.8. The van der Waals surface area contributed by atoms with Crippen LogP contribution in [-0.2, 0) is 0 Å². The molecule has 0 bridgehead atoms. The zero-order chi connectivity index (χ0) is 25.4. The summed E-state index contributed by atoms with van der Waals surface area (Å²) in [6.45, 7) is 7.53. The predicted molar refractivity (Wildman–Crippen MR) is 137 cm³/mol. The molecule has 0 spiro atoms. The minimum atomic E-state index is -0.738. The number of ether oxygens (including phenoxy) is 1. The highest BCUT2D eigenvalue weighted by atomic mass is 32.2. The van der Waals surface area contributed by atoms with Crippen molar-refractivity contribution >= 4 is 46.7 Å². The first-order chi connectivity index (χ1) is 16.3. The average molecular weight is 489 g/mol. The summed E-state index contributed by atoms with van der Waals surface area (Å²) in [7, 11) is 2.92. The van der Waals surface area contributed by atoms with Gasteiger partial charge in [0.15, 0.2) is 29.0 Å². The van der Waals surface area contributed by atoms with Gasteiger partial charge in [0.25, 0.3) is 0 Å². The maximum Gasteiger partial charge on any atom is 0.177 e. The summed E-state index contributed by atoms with van der Waals surface area (Å²) < 4.78 is 36.0. The van der Waals surface area contributed by atoms with Crippen LogP contribution < -0.4 is 15.0 Å². The number of rotatable bonds is 8. The Labute approximate surface area is 203 Å². The van der Waals surface area contributed by atoms with Gasteiger partial charge >= 0.3 is 0 Å². The Balaban J connectivity index is 0.00000199. The van der Waals surface area contributed by atoms with Gasteiger partial charge in [0.2, 0.25) is 0 Å². The highest BCUT2D eigenvalue weighted by molar-refractivity contribution is 7.98. The van der Waals surface area contributed by atoms with Gasteiger partial charge in [-0.2, -0.15) is 5.10 Å². The maximum absolute atomic E-state index is 15.8. The molecule has 10 heteroatoms. The third-order valence-electron chi connectivity index (χ3n) is 4.82. The molecule has 2 aromatic heterocycles. The number of aromatic amines is 1. The second-order valence-corrected chi connectivity index (χ2v) is 7.71. The van der Waals surface area contributed by atoms with E-state index in [0.717, 1.165) is 16.8 Å². The van der Waals surface area contributed by atoms with Crippen LogP contribution in [0.4, 0.5) is 31.9 Å². The predicted octanol–water partition coefficient (Wildman–Crippen LogP) is 6.71. The Morgan fingerprint density at radius 1 is 1.26 bits per heavy atom. The van der Waals surface area contributed by atoms with Crippen LogP contribution in [0.3, 0.4) is 0 Å². The molecule has 0 aliphatic rings. The van der Waals surface area contributed by atoms with E-state index in [1.165, 1.54) is 36.9 Å². The minimum absolute atomic E-state index is 0.0396. The fourth-order valence-electron chi connectivity index (χ4n) is 3.20. The number of aromatic nitrogens is 3. The Hall–Kier alpha value is -3.40. The van der Waals surface area contributed by atoms with Crippen LogP contribution in [0.15, 0.2) is 35.2 Å². The summed E-state index contributed by atoms with van der Waals surface area (Å²) in [5.74, 6) is -0.638. The Morgan fingerprint density at radius 2 is 1.97 bits per heavy atom. The Bertz CT molecular complexity index is 1180. The smallest absolute Gasteiger partial charge is 0.177 e. The van der Waals surface area contributed by atoms with Crippen molar-refractivity contribution in [3.8, 4) is 5.75 Å². The van der Waals surface area contributed by atoms with Crippen LogP contribution in [0.2, 0.25) is 0 Å². The molecule has 3 aromatic rings. The molecule has 0 amide bonds. The van der Waals surface area contributed by atoms with Crippen molar-refractivity contribution in [1.82, 2.24) is 15.2 Å². The molecule has 0 radical (unpaired) electrons. The lowest BCUT2D eigenvalue weighted by atomic mass is 10.0. The molecule has 2 heterocycles. The number of nitrogens with zero attached hydrogens (tertiary/aromatic N) is 3. The quantitative estimate of drug-likeness (QED) is 0.241. The number of anilines is 4. The minimum Gasteiger partial charge on any atom is -0.492 e. The molecule has 0 aliphatic heterocycles. The molecule has 0 saturated carbocycles. The van der Waals surface area contributed by atoms with Gasteiger partial charge in [-0.1, -0.05) is 19.9 Å². The van der Waals surface area contributed by atoms with Gasteiger partial charge < -0.3 is 20.4 Å². The third-order valence-corrected chi connectivity index (χ3v) is 5.55. The van der Waals surface area contributed by atoms with Gasteiger partial charge in [0, 0.05) is 35.5 Å². The number of hydrogen-bond acceptors (Lipinski definition) is 7. The molecule has 7 nitrogen and oxygen atoms in total. The van der Waals surface area contributed by atoms with Gasteiger partial charge in [-0.15, -0.1) is 11.8 Å². The van der Waals surface area contributed by atoms with E-state index in [9.17, 15) is 4.39 Å². The molecule has 182 valence electrons. The van der Waals surface area contributed by atoms with Crippen molar-refractivity contribution in [2.45, 2.75) is 32.6 Å². The number of allylic oxidation sites excluding steroid dienone is 2. The van der Waals surface area contributed by atoms with Gasteiger partial charge in [-0.3, -0.25) is 5.10 Å². The van der Waals surface area contributed by atoms with Crippen molar-refractivity contribution in [1.29, 1.82) is 5.41 Å². The van der Waals surface area contributed by atoms with E-state index in [1.807, 2.05) is 27.0 Å². The van der Waals surface area contributed by atoms with E-state index in [1.54, 1.807) is 31.2 Å². The van der Waals surface area contributed by atoms with Crippen molar-refractivity contribution in [2.75, 3.05) is 30.6 Å². The van der Waals surface area contributed by atoms with Crippen molar-refractivity contribution in [3.63, 3.8) is 0 Å². The fraction of sp³-hybridized carbons (Fsp3) is 0.292. The number of thioether (sulfide) groups is 1. The SMILES string of the molecule is C/C=C(\C=N)c1c(F)c(N(C)c2ccc(SC)cc2F)nc(Nc2cc(C)[nH]n2)c1OC.CC. The number of hydrogen-bond donors (Lipinski definition) is 3. The number of halogens is 2. The lowest BCUT2D eigenvalue weighted by molar-refractivity contribution is 0.410. The zero-order valence-corrected chi connectivity index (χ0v) is 21.2. The Morgan fingerprint density at radius 3 is 2.47 bits per heavy atom. The van der Waals surface area contributed by atoms with E-state index in [-0.39, 0.29) is 34.2 Å². The molecule has 0 fully saturated rings. The van der Waals surface area contributed by atoms with Crippen LogP contribution in [-0.4, -0.2) is 41.8 Å². The van der Waals surface area contributed by atoms with Crippen molar-refractivity contribution < 1.29 is 13.5 Å². The maximum atomic E-state index is 15.8. The number of methoxy groups -OCH3 is 1. The highest BCUT2D eigenvalue weighted by Crippen LogP contribution is 2.41. The first-order valence-electron chi connectivity index (χ1n) is 10.7. The van der Waals surface area contributed by atoms with Crippen molar-refractivity contribution in [2.24, 2.45) is 0 Å². The molecule has 3 rings (SSSR count). The third kappa shape index (κ3) is 5.56. The van der Waals surface area contributed by atoms with Crippen LogP contribution in [0.1, 0.15) is 32.0 Å².